The normalized spacial score (nSPS) is 28.1. The van der Waals surface area contributed by atoms with Crippen LogP contribution in [0.15, 0.2) is 35.0 Å². The van der Waals surface area contributed by atoms with Crippen LogP contribution in [0.5, 0.6) is 11.5 Å². The van der Waals surface area contributed by atoms with E-state index in [1.54, 1.807) is 0 Å². The van der Waals surface area contributed by atoms with Gasteiger partial charge in [0.1, 0.15) is 0 Å². The third kappa shape index (κ3) is 3.38. The Labute approximate surface area is 171 Å². The van der Waals surface area contributed by atoms with Crippen LogP contribution in [0.25, 0.3) is 0 Å². The fraction of sp³-hybridized carbons (Fsp3) is 0.565. The minimum Gasteiger partial charge on any atom is -0.454 e. The van der Waals surface area contributed by atoms with Gasteiger partial charge in [-0.05, 0) is 54.2 Å². The quantitative estimate of drug-likeness (QED) is 0.746. The molecule has 1 aromatic rings. The Morgan fingerprint density at radius 1 is 1.28 bits per heavy atom. The Kier molecular flexibility index (Phi) is 4.52. The van der Waals surface area contributed by atoms with E-state index in [1.165, 1.54) is 18.4 Å². The molecular weight excluding hydrogens is 368 g/mol. The van der Waals surface area contributed by atoms with Gasteiger partial charge in [-0.3, -0.25) is 4.79 Å². The van der Waals surface area contributed by atoms with Crippen LogP contribution in [0.4, 0.5) is 0 Å². The van der Waals surface area contributed by atoms with Gasteiger partial charge in [0.2, 0.25) is 12.9 Å². The lowest BCUT2D eigenvalue weighted by Crippen LogP contribution is -2.48. The van der Waals surface area contributed by atoms with E-state index >= 15 is 0 Å². The maximum Gasteiger partial charge on any atom is 0.264 e. The molecule has 0 unspecified atom stereocenters. The molecule has 0 aromatic heterocycles. The fourth-order valence-corrected chi connectivity index (χ4v) is 5.16. The highest BCUT2D eigenvalue weighted by atomic mass is 16.7. The minimum atomic E-state index is -0.524. The molecule has 3 aliphatic carbocycles. The predicted molar refractivity (Wildman–Crippen MR) is 109 cm³/mol. The predicted octanol–water partition coefficient (Wildman–Crippen LogP) is 3.60. The average Bonchev–Trinajstić information content (AvgIpc) is 3.37. The van der Waals surface area contributed by atoms with Crippen LogP contribution in [0, 0.1) is 17.3 Å². The van der Waals surface area contributed by atoms with E-state index < -0.39 is 6.10 Å². The molecule has 1 aromatic carbocycles. The summed E-state index contributed by atoms with van der Waals surface area (Å²) >= 11 is 0. The number of hydrogen-bond donors (Lipinski definition) is 1. The summed E-state index contributed by atoms with van der Waals surface area (Å²) in [5, 5.41) is 7.18. The number of carbonyl (C=O) groups excluding carboxylic acids is 1. The summed E-state index contributed by atoms with van der Waals surface area (Å²) in [5.41, 5.74) is 3.90. The number of hydrogen-bond acceptors (Lipinski definition) is 5. The fourth-order valence-electron chi connectivity index (χ4n) is 5.16. The summed E-state index contributed by atoms with van der Waals surface area (Å²) in [5.74, 6) is 2.99. The molecule has 5 aliphatic rings. The molecule has 29 heavy (non-hydrogen) atoms. The number of ether oxygens (including phenoxy) is 2. The number of oxime groups is 1. The summed E-state index contributed by atoms with van der Waals surface area (Å²) in [6.45, 7) is 5.69. The van der Waals surface area contributed by atoms with Gasteiger partial charge in [-0.15, -0.1) is 0 Å². The highest BCUT2D eigenvalue weighted by Crippen LogP contribution is 2.59. The number of nitrogens with one attached hydrogen (secondary N) is 1. The lowest BCUT2D eigenvalue weighted by Gasteiger charge is -2.56. The highest BCUT2D eigenvalue weighted by Gasteiger charge is 2.50. The van der Waals surface area contributed by atoms with E-state index in [4.69, 9.17) is 14.3 Å². The summed E-state index contributed by atoms with van der Waals surface area (Å²) in [7, 11) is 0. The molecule has 1 fully saturated rings. The second-order valence-corrected chi connectivity index (χ2v) is 9.18. The second-order valence-electron chi connectivity index (χ2n) is 9.18. The van der Waals surface area contributed by atoms with Gasteiger partial charge in [0.15, 0.2) is 11.5 Å². The van der Waals surface area contributed by atoms with Gasteiger partial charge in [-0.25, -0.2) is 0 Å². The number of carbonyl (C=O) groups is 1. The molecule has 2 aliphatic heterocycles. The van der Waals surface area contributed by atoms with Crippen molar-refractivity contribution in [2.45, 2.75) is 52.1 Å². The number of benzene rings is 1. The summed E-state index contributed by atoms with van der Waals surface area (Å²) in [6, 6.07) is 5.86. The molecule has 0 spiro atoms. The highest BCUT2D eigenvalue weighted by molar-refractivity contribution is 5.94. The molecule has 2 heterocycles. The molecule has 1 amide bonds. The summed E-state index contributed by atoms with van der Waals surface area (Å²) < 4.78 is 10.8. The Bertz CT molecular complexity index is 889. The van der Waals surface area contributed by atoms with E-state index in [2.05, 4.69) is 30.4 Å². The van der Waals surface area contributed by atoms with E-state index in [9.17, 15) is 4.79 Å². The van der Waals surface area contributed by atoms with Crippen molar-refractivity contribution < 1.29 is 19.1 Å². The first-order valence-electron chi connectivity index (χ1n) is 10.6. The van der Waals surface area contributed by atoms with Crippen molar-refractivity contribution in [1.29, 1.82) is 0 Å². The molecule has 6 heteroatoms. The first-order chi connectivity index (χ1) is 14.0. The molecule has 0 saturated heterocycles. The zero-order chi connectivity index (χ0) is 20.0. The molecular formula is C23H28N2O4. The molecule has 6 nitrogen and oxygen atoms in total. The number of amides is 1. The minimum absolute atomic E-state index is 0.0726. The Balaban J connectivity index is 1.08. The van der Waals surface area contributed by atoms with Gasteiger partial charge in [-0.2, -0.15) is 0 Å². The standard InChI is InChI=1S/C23H28N2O4/c1-23(2)16-5-4-15(18(23)11-16)7-8-24-22(26)21-12-17(25-29-21)9-14-3-6-19-20(10-14)28-13-27-19/h3-4,6,10,16,18,21H,5,7-9,11-13H2,1-2H3,(H,24,26)/t16-,18-,21+/m0/s1. The van der Waals surface area contributed by atoms with Crippen molar-refractivity contribution in [2.75, 3.05) is 13.3 Å². The van der Waals surface area contributed by atoms with E-state index in [0.717, 1.165) is 35.1 Å². The molecule has 1 N–H and O–H groups in total. The molecule has 3 atom stereocenters. The van der Waals surface area contributed by atoms with Gasteiger partial charge in [-0.1, -0.05) is 36.7 Å². The lowest BCUT2D eigenvalue weighted by atomic mass is 9.48. The van der Waals surface area contributed by atoms with Gasteiger partial charge < -0.3 is 19.6 Å². The molecule has 2 bridgehead atoms. The third-order valence-electron chi connectivity index (χ3n) is 7.16. The van der Waals surface area contributed by atoms with E-state index in [1.807, 2.05) is 18.2 Å². The van der Waals surface area contributed by atoms with Crippen molar-refractivity contribution in [3.05, 3.63) is 35.4 Å². The SMILES string of the molecule is CC1(C)[C@H]2CC=C(CCNC(=O)[C@H]3CC(Cc4ccc5c(c4)OCO5)=NO3)[C@@H]1C2. The second kappa shape index (κ2) is 7.08. The number of rotatable bonds is 6. The van der Waals surface area contributed by atoms with Crippen molar-refractivity contribution in [3.63, 3.8) is 0 Å². The maximum absolute atomic E-state index is 12.5. The zero-order valence-electron chi connectivity index (χ0n) is 17.1. The van der Waals surface area contributed by atoms with Gasteiger partial charge in [0.25, 0.3) is 5.91 Å². The lowest BCUT2D eigenvalue weighted by molar-refractivity contribution is -0.131. The smallest absolute Gasteiger partial charge is 0.264 e. The van der Waals surface area contributed by atoms with E-state index in [-0.39, 0.29) is 12.7 Å². The molecule has 0 radical (unpaired) electrons. The topological polar surface area (TPSA) is 69.2 Å². The van der Waals surface area contributed by atoms with Crippen LogP contribution in [0.3, 0.4) is 0 Å². The van der Waals surface area contributed by atoms with Crippen molar-refractivity contribution in [2.24, 2.45) is 22.4 Å². The van der Waals surface area contributed by atoms with Crippen LogP contribution in [-0.2, 0) is 16.1 Å². The average molecular weight is 396 g/mol. The molecule has 6 rings (SSSR count). The maximum atomic E-state index is 12.5. The Morgan fingerprint density at radius 3 is 2.97 bits per heavy atom. The van der Waals surface area contributed by atoms with Gasteiger partial charge in [0.05, 0.1) is 5.71 Å². The summed E-state index contributed by atoms with van der Waals surface area (Å²) in [6.07, 6.45) is 6.49. The molecule has 154 valence electrons. The van der Waals surface area contributed by atoms with Gasteiger partial charge >= 0.3 is 0 Å². The Hall–Kier alpha value is -2.50. The van der Waals surface area contributed by atoms with Crippen molar-refractivity contribution in [3.8, 4) is 11.5 Å². The van der Waals surface area contributed by atoms with E-state index in [0.29, 0.717) is 30.7 Å². The molecule has 1 saturated carbocycles. The van der Waals surface area contributed by atoms with Crippen LogP contribution in [-0.4, -0.2) is 31.1 Å². The van der Waals surface area contributed by atoms with Crippen LogP contribution >= 0.6 is 0 Å². The number of fused-ring (bicyclic) bond motifs is 2. The first-order valence-corrected chi connectivity index (χ1v) is 10.6. The zero-order valence-corrected chi connectivity index (χ0v) is 17.1. The van der Waals surface area contributed by atoms with Gasteiger partial charge in [0, 0.05) is 19.4 Å². The largest absolute Gasteiger partial charge is 0.454 e. The summed E-state index contributed by atoms with van der Waals surface area (Å²) in [4.78, 5) is 17.9. The van der Waals surface area contributed by atoms with Crippen molar-refractivity contribution in [1.82, 2.24) is 5.32 Å². The first kappa shape index (κ1) is 18.5. The third-order valence-corrected chi connectivity index (χ3v) is 7.16. The Morgan fingerprint density at radius 2 is 2.14 bits per heavy atom. The monoisotopic (exact) mass is 396 g/mol. The van der Waals surface area contributed by atoms with Crippen LogP contribution in [0.1, 0.15) is 45.1 Å². The van der Waals surface area contributed by atoms with Crippen LogP contribution in [0.2, 0.25) is 0 Å². The van der Waals surface area contributed by atoms with Crippen molar-refractivity contribution >= 4 is 11.6 Å². The number of allylic oxidation sites excluding steroid dienone is 1. The number of nitrogens with zero attached hydrogens (tertiary/aromatic N) is 1. The van der Waals surface area contributed by atoms with Crippen LogP contribution < -0.4 is 14.8 Å².